The Balaban J connectivity index is 1.78. The van der Waals surface area contributed by atoms with Gasteiger partial charge in [-0.3, -0.25) is 4.79 Å². The highest BCUT2D eigenvalue weighted by molar-refractivity contribution is 6.31. The number of hydrogen-bond donors (Lipinski definition) is 2. The Morgan fingerprint density at radius 2 is 1.87 bits per heavy atom. The molecule has 1 aliphatic heterocycles. The van der Waals surface area contributed by atoms with Crippen LogP contribution in [-0.4, -0.2) is 44.7 Å². The topological polar surface area (TPSA) is 82.8 Å². The van der Waals surface area contributed by atoms with Crippen molar-refractivity contribution in [3.05, 3.63) is 81.5 Å². The lowest BCUT2D eigenvalue weighted by Gasteiger charge is -2.34. The van der Waals surface area contributed by atoms with Crippen LogP contribution in [0.2, 0.25) is 5.02 Å². The van der Waals surface area contributed by atoms with Crippen LogP contribution in [0.1, 0.15) is 43.5 Å². The number of carbonyl (C=O) groups is 2. The summed E-state index contributed by atoms with van der Waals surface area (Å²) in [6.07, 6.45) is 0. The summed E-state index contributed by atoms with van der Waals surface area (Å²) in [5, 5.41) is 19.8. The molecule has 1 aromatic heterocycles. The fourth-order valence-electron chi connectivity index (χ4n) is 4.28. The number of fused-ring (bicyclic) bond motifs is 1. The third-order valence-electron chi connectivity index (χ3n) is 6.06. The van der Waals surface area contributed by atoms with Crippen molar-refractivity contribution in [3.8, 4) is 11.3 Å². The molecule has 0 saturated carbocycles. The number of carboxylic acids is 1. The van der Waals surface area contributed by atoms with E-state index in [0.717, 1.165) is 11.1 Å². The quantitative estimate of drug-likeness (QED) is 0.642. The number of nitrogens with zero attached hydrogens (tertiary/aromatic N) is 2. The number of rotatable bonds is 4. The Morgan fingerprint density at radius 3 is 2.55 bits per heavy atom. The van der Waals surface area contributed by atoms with Crippen LogP contribution in [-0.2, 0) is 13.6 Å². The maximum absolute atomic E-state index is 13.6. The first-order valence-electron chi connectivity index (χ1n) is 9.99. The largest absolute Gasteiger partial charge is 0.478 e. The number of aliphatic hydroxyl groups excluding tert-OH is 1. The summed E-state index contributed by atoms with van der Waals surface area (Å²) in [4.78, 5) is 26.9. The molecule has 0 fully saturated rings. The molecule has 1 amide bonds. The Hall–Kier alpha value is -3.09. The predicted octanol–water partition coefficient (Wildman–Crippen LogP) is 4.08. The molecule has 2 heterocycles. The van der Waals surface area contributed by atoms with E-state index < -0.39 is 5.97 Å². The van der Waals surface area contributed by atoms with Crippen molar-refractivity contribution in [2.24, 2.45) is 7.05 Å². The molecule has 0 saturated heterocycles. The van der Waals surface area contributed by atoms with Crippen LogP contribution in [0.15, 0.2) is 48.5 Å². The lowest BCUT2D eigenvalue weighted by atomic mass is 9.89. The normalized spacial score (nSPS) is 15.6. The lowest BCUT2D eigenvalue weighted by molar-refractivity contribution is 0.0688. The van der Waals surface area contributed by atoms with Crippen LogP contribution in [0.4, 0.5) is 0 Å². The van der Waals surface area contributed by atoms with E-state index in [2.05, 4.69) is 0 Å². The van der Waals surface area contributed by atoms with Gasteiger partial charge in [0.1, 0.15) is 0 Å². The second kappa shape index (κ2) is 8.21. The minimum Gasteiger partial charge on any atom is -0.478 e. The van der Waals surface area contributed by atoms with E-state index in [1.165, 1.54) is 0 Å². The van der Waals surface area contributed by atoms with Crippen molar-refractivity contribution in [3.63, 3.8) is 0 Å². The first kappa shape index (κ1) is 21.2. The number of aliphatic hydroxyl groups is 1. The van der Waals surface area contributed by atoms with Crippen LogP contribution in [0.3, 0.4) is 0 Å². The first-order chi connectivity index (χ1) is 14.8. The molecule has 1 atom stereocenters. The number of hydrogen-bond acceptors (Lipinski definition) is 3. The van der Waals surface area contributed by atoms with E-state index in [1.807, 2.05) is 24.3 Å². The van der Waals surface area contributed by atoms with Gasteiger partial charge in [0, 0.05) is 53.6 Å². The molecule has 31 heavy (non-hydrogen) atoms. The molecule has 1 unspecified atom stereocenters. The van der Waals surface area contributed by atoms with Crippen molar-refractivity contribution >= 4 is 23.5 Å². The predicted molar refractivity (Wildman–Crippen MR) is 119 cm³/mol. The second-order valence-corrected chi connectivity index (χ2v) is 8.28. The number of amides is 1. The second-order valence-electron chi connectivity index (χ2n) is 7.85. The highest BCUT2D eigenvalue weighted by Crippen LogP contribution is 2.34. The number of aromatic nitrogens is 1. The van der Waals surface area contributed by atoms with Gasteiger partial charge in [-0.25, -0.2) is 4.79 Å². The van der Waals surface area contributed by atoms with E-state index in [4.69, 9.17) is 11.6 Å². The average molecular weight is 439 g/mol. The molecule has 7 heteroatoms. The van der Waals surface area contributed by atoms with Gasteiger partial charge in [0.25, 0.3) is 5.91 Å². The van der Waals surface area contributed by atoms with Crippen molar-refractivity contribution < 1.29 is 19.8 Å². The molecule has 6 nitrogen and oxygen atoms in total. The fourth-order valence-corrected chi connectivity index (χ4v) is 4.45. The monoisotopic (exact) mass is 438 g/mol. The van der Waals surface area contributed by atoms with Gasteiger partial charge in [-0.15, -0.1) is 0 Å². The van der Waals surface area contributed by atoms with Crippen LogP contribution in [0.25, 0.3) is 11.3 Å². The zero-order valence-electron chi connectivity index (χ0n) is 17.3. The van der Waals surface area contributed by atoms with E-state index in [0.29, 0.717) is 40.6 Å². The van der Waals surface area contributed by atoms with Gasteiger partial charge < -0.3 is 19.7 Å². The van der Waals surface area contributed by atoms with E-state index in [9.17, 15) is 19.8 Å². The summed E-state index contributed by atoms with van der Waals surface area (Å²) in [6, 6.07) is 14.4. The number of carboxylic acid groups (broad SMARTS) is 1. The summed E-state index contributed by atoms with van der Waals surface area (Å²) in [6.45, 7) is 2.53. The van der Waals surface area contributed by atoms with Gasteiger partial charge in [0.15, 0.2) is 0 Å². The molecule has 0 spiro atoms. The average Bonchev–Trinajstić information content (AvgIpc) is 3.07. The molecular weight excluding hydrogens is 416 g/mol. The van der Waals surface area contributed by atoms with Crippen molar-refractivity contribution in [1.82, 2.24) is 9.47 Å². The molecular formula is C24H23ClN2O4. The summed E-state index contributed by atoms with van der Waals surface area (Å²) in [5.41, 5.74) is 4.48. The van der Waals surface area contributed by atoms with Crippen LogP contribution in [0.5, 0.6) is 0 Å². The molecule has 2 aromatic carbocycles. The third kappa shape index (κ3) is 3.73. The smallest absolute Gasteiger partial charge is 0.337 e. The zero-order chi connectivity index (χ0) is 22.3. The standard InChI is InChI=1S/C24H23ClN2O4/c1-14-20(24(30)31)10-22(26(14)2)21-9-17(25)7-8-19(21)23(29)27-11-15-5-3-4-6-18(15)16(12-27)13-28/h3-10,16,28H,11-13H2,1-2H3,(H,30,31). The molecule has 1 aliphatic rings. The van der Waals surface area contributed by atoms with Gasteiger partial charge >= 0.3 is 5.97 Å². The first-order valence-corrected chi connectivity index (χ1v) is 10.4. The summed E-state index contributed by atoms with van der Waals surface area (Å²) in [5.74, 6) is -1.36. The summed E-state index contributed by atoms with van der Waals surface area (Å²) >= 11 is 6.25. The molecule has 2 N–H and O–H groups in total. The van der Waals surface area contributed by atoms with Crippen molar-refractivity contribution in [1.29, 1.82) is 0 Å². The van der Waals surface area contributed by atoms with Gasteiger partial charge in [-0.2, -0.15) is 0 Å². The SMILES string of the molecule is Cc1c(C(=O)O)cc(-c2cc(Cl)ccc2C(=O)N2Cc3ccccc3C(CO)C2)n1C. The Labute approximate surface area is 185 Å². The summed E-state index contributed by atoms with van der Waals surface area (Å²) < 4.78 is 1.76. The number of benzene rings is 2. The van der Waals surface area contributed by atoms with Crippen LogP contribution in [0, 0.1) is 6.92 Å². The number of carbonyl (C=O) groups excluding carboxylic acids is 1. The van der Waals surface area contributed by atoms with Crippen LogP contribution < -0.4 is 0 Å². The van der Waals surface area contributed by atoms with Crippen LogP contribution >= 0.6 is 11.6 Å². The molecule has 0 radical (unpaired) electrons. The van der Waals surface area contributed by atoms with Crippen molar-refractivity contribution in [2.45, 2.75) is 19.4 Å². The molecule has 160 valence electrons. The van der Waals surface area contributed by atoms with E-state index in [1.54, 1.807) is 47.7 Å². The maximum atomic E-state index is 13.6. The Kier molecular flexibility index (Phi) is 5.60. The van der Waals surface area contributed by atoms with E-state index >= 15 is 0 Å². The van der Waals surface area contributed by atoms with Crippen molar-refractivity contribution in [2.75, 3.05) is 13.2 Å². The third-order valence-corrected chi connectivity index (χ3v) is 6.29. The molecule has 4 rings (SSSR count). The fraction of sp³-hybridized carbons (Fsp3) is 0.250. The van der Waals surface area contributed by atoms with Gasteiger partial charge in [-0.05, 0) is 42.3 Å². The Bertz CT molecular complexity index is 1180. The van der Waals surface area contributed by atoms with Gasteiger partial charge in [0.2, 0.25) is 0 Å². The molecule has 0 bridgehead atoms. The van der Waals surface area contributed by atoms with E-state index in [-0.39, 0.29) is 24.0 Å². The zero-order valence-corrected chi connectivity index (χ0v) is 18.1. The van der Waals surface area contributed by atoms with Gasteiger partial charge in [-0.1, -0.05) is 35.9 Å². The minimum absolute atomic E-state index is 0.0484. The highest BCUT2D eigenvalue weighted by atomic mass is 35.5. The molecule has 0 aliphatic carbocycles. The highest BCUT2D eigenvalue weighted by Gasteiger charge is 2.30. The number of halogens is 1. The summed E-state index contributed by atoms with van der Waals surface area (Å²) in [7, 11) is 1.77. The van der Waals surface area contributed by atoms with Gasteiger partial charge in [0.05, 0.1) is 12.2 Å². The maximum Gasteiger partial charge on any atom is 0.337 e. The minimum atomic E-state index is -1.02. The lowest BCUT2D eigenvalue weighted by Crippen LogP contribution is -2.39. The Morgan fingerprint density at radius 1 is 1.13 bits per heavy atom. The number of aromatic carboxylic acids is 1. The molecule has 3 aromatic rings.